The molecule has 1 aromatic heterocycles. The summed E-state index contributed by atoms with van der Waals surface area (Å²) in [6, 6.07) is 12.9. The summed E-state index contributed by atoms with van der Waals surface area (Å²) in [5.74, 6) is 0.0438. The Balaban J connectivity index is 1.40. The van der Waals surface area contributed by atoms with Crippen molar-refractivity contribution >= 4 is 5.91 Å². The fraction of sp³-hybridized carbons (Fsp3) is 0.273. The molecule has 1 aliphatic carbocycles. The molecular formula is C22H20F2N2O2. The number of aryl methyl sites for hydroxylation is 1. The largest absolute Gasteiger partial charge is 0.441 e. The van der Waals surface area contributed by atoms with Gasteiger partial charge in [-0.15, -0.1) is 0 Å². The normalized spacial score (nSPS) is 13.5. The Hall–Kier alpha value is -3.02. The van der Waals surface area contributed by atoms with Crippen LogP contribution in [-0.4, -0.2) is 21.8 Å². The maximum atomic E-state index is 13.9. The molecule has 3 aromatic rings. The zero-order valence-corrected chi connectivity index (χ0v) is 15.3. The molecule has 28 heavy (non-hydrogen) atoms. The summed E-state index contributed by atoms with van der Waals surface area (Å²) >= 11 is 0. The van der Waals surface area contributed by atoms with Gasteiger partial charge in [0.25, 0.3) is 0 Å². The molecule has 1 fully saturated rings. The molecule has 0 saturated heterocycles. The molecule has 144 valence electrons. The molecule has 0 N–H and O–H groups in total. The van der Waals surface area contributed by atoms with E-state index in [9.17, 15) is 13.6 Å². The number of hydrogen-bond donors (Lipinski definition) is 0. The van der Waals surface area contributed by atoms with Crippen LogP contribution in [0.2, 0.25) is 0 Å². The molecule has 0 radical (unpaired) electrons. The van der Waals surface area contributed by atoms with E-state index in [0.717, 1.165) is 18.4 Å². The minimum atomic E-state index is -0.378. The number of halogens is 2. The highest BCUT2D eigenvalue weighted by Gasteiger charge is 2.32. The van der Waals surface area contributed by atoms with Crippen molar-refractivity contribution in [2.24, 2.45) is 0 Å². The van der Waals surface area contributed by atoms with Crippen LogP contribution in [0.5, 0.6) is 0 Å². The highest BCUT2D eigenvalue weighted by Crippen LogP contribution is 2.29. The number of carbonyl (C=O) groups excluding carboxylic acids is 1. The average molecular weight is 382 g/mol. The lowest BCUT2D eigenvalue weighted by Gasteiger charge is -2.22. The predicted octanol–water partition coefficient (Wildman–Crippen LogP) is 4.74. The lowest BCUT2D eigenvalue weighted by molar-refractivity contribution is -0.132. The van der Waals surface area contributed by atoms with Crippen LogP contribution in [0.25, 0.3) is 11.3 Å². The number of aromatic nitrogens is 1. The Morgan fingerprint density at radius 3 is 2.71 bits per heavy atom. The maximum absolute atomic E-state index is 13.9. The highest BCUT2D eigenvalue weighted by atomic mass is 19.1. The van der Waals surface area contributed by atoms with Gasteiger partial charge in [0.05, 0.1) is 11.8 Å². The first-order valence-electron chi connectivity index (χ1n) is 9.33. The summed E-state index contributed by atoms with van der Waals surface area (Å²) in [5, 5.41) is 0. The van der Waals surface area contributed by atoms with Crippen LogP contribution in [0.4, 0.5) is 8.78 Å². The van der Waals surface area contributed by atoms with E-state index in [0.29, 0.717) is 30.2 Å². The number of nitrogens with zero attached hydrogens (tertiary/aromatic N) is 2. The molecule has 0 aliphatic heterocycles. The SMILES string of the molecule is O=C(CCc1ncc(-c2ccccc2F)o1)N(Cc1cccc(F)c1)C1CC1. The van der Waals surface area contributed by atoms with Crippen molar-refractivity contribution in [3.05, 3.63) is 77.8 Å². The van der Waals surface area contributed by atoms with E-state index in [4.69, 9.17) is 4.42 Å². The summed E-state index contributed by atoms with van der Waals surface area (Å²) in [6.07, 6.45) is 3.99. The molecule has 0 spiro atoms. The van der Waals surface area contributed by atoms with E-state index in [1.165, 1.54) is 24.4 Å². The van der Waals surface area contributed by atoms with Crippen LogP contribution in [0, 0.1) is 11.6 Å². The van der Waals surface area contributed by atoms with E-state index in [-0.39, 0.29) is 30.0 Å². The quantitative estimate of drug-likeness (QED) is 0.593. The first kappa shape index (κ1) is 18.3. The standard InChI is InChI=1S/C22H20F2N2O2/c23-16-5-3-4-15(12-16)14-26(17-8-9-17)22(27)11-10-21-25-13-20(28-21)18-6-1-2-7-19(18)24/h1-7,12-13,17H,8-11,14H2. The van der Waals surface area contributed by atoms with Crippen molar-refractivity contribution in [3.8, 4) is 11.3 Å². The smallest absolute Gasteiger partial charge is 0.223 e. The van der Waals surface area contributed by atoms with Crippen molar-refractivity contribution < 1.29 is 18.0 Å². The molecule has 1 heterocycles. The van der Waals surface area contributed by atoms with Crippen molar-refractivity contribution in [1.29, 1.82) is 0 Å². The van der Waals surface area contributed by atoms with Gasteiger partial charge in [-0.2, -0.15) is 0 Å². The molecule has 0 atom stereocenters. The monoisotopic (exact) mass is 382 g/mol. The molecular weight excluding hydrogens is 362 g/mol. The molecule has 1 amide bonds. The summed E-state index contributed by atoms with van der Waals surface area (Å²) < 4.78 is 32.9. The van der Waals surface area contributed by atoms with Gasteiger partial charge in [0.15, 0.2) is 11.7 Å². The molecule has 4 nitrogen and oxygen atoms in total. The lowest BCUT2D eigenvalue weighted by atomic mass is 10.2. The molecule has 4 rings (SSSR count). The van der Waals surface area contributed by atoms with Crippen molar-refractivity contribution in [2.75, 3.05) is 0 Å². The second-order valence-electron chi connectivity index (χ2n) is 6.98. The van der Waals surface area contributed by atoms with Gasteiger partial charge in [-0.05, 0) is 42.7 Å². The van der Waals surface area contributed by atoms with Gasteiger partial charge in [-0.1, -0.05) is 24.3 Å². The number of amides is 1. The Kier molecular flexibility index (Phi) is 5.19. The molecule has 1 saturated carbocycles. The van der Waals surface area contributed by atoms with Crippen LogP contribution in [0.15, 0.2) is 59.1 Å². The molecule has 0 unspecified atom stereocenters. The maximum Gasteiger partial charge on any atom is 0.223 e. The fourth-order valence-corrected chi connectivity index (χ4v) is 3.21. The Morgan fingerprint density at radius 2 is 1.96 bits per heavy atom. The Labute approximate surface area is 161 Å². The Morgan fingerprint density at radius 1 is 1.14 bits per heavy atom. The zero-order chi connectivity index (χ0) is 19.5. The average Bonchev–Trinajstić information content (AvgIpc) is 3.42. The summed E-state index contributed by atoms with van der Waals surface area (Å²) in [5.41, 5.74) is 1.12. The van der Waals surface area contributed by atoms with E-state index in [1.807, 2.05) is 6.07 Å². The first-order chi connectivity index (χ1) is 13.6. The number of hydrogen-bond acceptors (Lipinski definition) is 3. The second kappa shape index (κ2) is 7.92. The number of carbonyl (C=O) groups is 1. The van der Waals surface area contributed by atoms with Crippen LogP contribution in [0.1, 0.15) is 30.7 Å². The van der Waals surface area contributed by atoms with Gasteiger partial charge < -0.3 is 9.32 Å². The van der Waals surface area contributed by atoms with Gasteiger partial charge in [0.1, 0.15) is 11.6 Å². The van der Waals surface area contributed by atoms with E-state index >= 15 is 0 Å². The number of oxazole rings is 1. The second-order valence-corrected chi connectivity index (χ2v) is 6.98. The number of rotatable bonds is 7. The van der Waals surface area contributed by atoms with Crippen molar-refractivity contribution in [1.82, 2.24) is 9.88 Å². The van der Waals surface area contributed by atoms with Crippen LogP contribution < -0.4 is 0 Å². The van der Waals surface area contributed by atoms with Crippen molar-refractivity contribution in [2.45, 2.75) is 38.3 Å². The predicted molar refractivity (Wildman–Crippen MR) is 100 cm³/mol. The topological polar surface area (TPSA) is 46.3 Å². The molecule has 0 bridgehead atoms. The first-order valence-corrected chi connectivity index (χ1v) is 9.33. The third-order valence-corrected chi connectivity index (χ3v) is 4.80. The summed E-state index contributed by atoms with van der Waals surface area (Å²) in [4.78, 5) is 18.7. The van der Waals surface area contributed by atoms with Crippen LogP contribution >= 0.6 is 0 Å². The third kappa shape index (κ3) is 4.27. The van der Waals surface area contributed by atoms with Crippen LogP contribution in [-0.2, 0) is 17.8 Å². The number of benzene rings is 2. The minimum Gasteiger partial charge on any atom is -0.441 e. The lowest BCUT2D eigenvalue weighted by Crippen LogP contribution is -2.32. The van der Waals surface area contributed by atoms with Gasteiger partial charge in [0.2, 0.25) is 5.91 Å². The van der Waals surface area contributed by atoms with Gasteiger partial charge in [-0.3, -0.25) is 4.79 Å². The zero-order valence-electron chi connectivity index (χ0n) is 15.3. The van der Waals surface area contributed by atoms with Gasteiger partial charge >= 0.3 is 0 Å². The summed E-state index contributed by atoms with van der Waals surface area (Å²) in [7, 11) is 0. The van der Waals surface area contributed by atoms with Crippen LogP contribution in [0.3, 0.4) is 0 Å². The van der Waals surface area contributed by atoms with E-state index in [1.54, 1.807) is 29.2 Å². The molecule has 6 heteroatoms. The van der Waals surface area contributed by atoms with Gasteiger partial charge in [0, 0.05) is 25.4 Å². The molecule has 1 aliphatic rings. The van der Waals surface area contributed by atoms with Gasteiger partial charge in [-0.25, -0.2) is 13.8 Å². The van der Waals surface area contributed by atoms with Crippen molar-refractivity contribution in [3.63, 3.8) is 0 Å². The molecule has 2 aromatic carbocycles. The van der Waals surface area contributed by atoms with E-state index < -0.39 is 0 Å². The fourth-order valence-electron chi connectivity index (χ4n) is 3.21. The third-order valence-electron chi connectivity index (χ3n) is 4.80. The minimum absolute atomic E-state index is 0.0163. The Bertz CT molecular complexity index is 982. The highest BCUT2D eigenvalue weighted by molar-refractivity contribution is 5.77. The van der Waals surface area contributed by atoms with E-state index in [2.05, 4.69) is 4.98 Å². The summed E-state index contributed by atoms with van der Waals surface area (Å²) in [6.45, 7) is 0.396.